The number of aliphatic hydroxyl groups is 1. The number of likely N-dealkylation sites (N-methyl/N-ethyl adjacent to an activating group) is 7. The summed E-state index contributed by atoms with van der Waals surface area (Å²) in [6.07, 6.45) is 1.10. The average Bonchev–Trinajstić information content (AvgIpc) is 0.826. The van der Waals surface area contributed by atoms with Crippen molar-refractivity contribution in [1.82, 2.24) is 60.5 Å². The smallest absolute Gasteiger partial charge is 0.254 e. The van der Waals surface area contributed by atoms with Gasteiger partial charge in [-0.15, -0.1) is 0 Å². The molecule has 2 saturated heterocycles. The molecule has 12 amide bonds. The van der Waals surface area contributed by atoms with E-state index in [0.717, 1.165) is 12.0 Å². The number of rotatable bonds is 14. The van der Waals surface area contributed by atoms with E-state index in [0.29, 0.717) is 24.8 Å². The molecule has 528 valence electrons. The molecule has 25 nitrogen and oxygen atoms in total. The van der Waals surface area contributed by atoms with Crippen LogP contribution >= 0.6 is 0 Å². The summed E-state index contributed by atoms with van der Waals surface area (Å²) in [6.45, 7) is 18.5. The van der Waals surface area contributed by atoms with Gasteiger partial charge in [0.1, 0.15) is 48.3 Å². The van der Waals surface area contributed by atoms with Crippen molar-refractivity contribution in [3.05, 3.63) is 71.8 Å². The second-order valence-electron chi connectivity index (χ2n) is 27.7. The molecule has 5 N–H and O–H groups in total. The zero-order chi connectivity index (χ0) is 71.5. The van der Waals surface area contributed by atoms with Crippen LogP contribution in [0.4, 0.5) is 0 Å². The van der Waals surface area contributed by atoms with E-state index >= 15 is 9.59 Å². The zero-order valence-corrected chi connectivity index (χ0v) is 59.6. The molecule has 25 heteroatoms. The first-order valence-corrected chi connectivity index (χ1v) is 33.6. The molecule has 2 aliphatic rings. The van der Waals surface area contributed by atoms with Crippen LogP contribution in [0, 0.1) is 29.6 Å². The fraction of sp³-hybridized carbons (Fsp3) is 0.657. The Kier molecular flexibility index (Phi) is 30.8. The van der Waals surface area contributed by atoms with Gasteiger partial charge >= 0.3 is 0 Å². The Morgan fingerprint density at radius 3 is 1.49 bits per heavy atom. The summed E-state index contributed by atoms with van der Waals surface area (Å²) in [5.41, 5.74) is 1.50. The zero-order valence-electron chi connectivity index (χ0n) is 59.6. The molecule has 2 fully saturated rings. The molecule has 2 aromatic rings. The predicted octanol–water partition coefficient (Wildman–Crippen LogP) is 2.71. The molecule has 2 heterocycles. The van der Waals surface area contributed by atoms with Gasteiger partial charge in [-0.05, 0) is 107 Å². The van der Waals surface area contributed by atoms with Crippen LogP contribution in [-0.2, 0) is 70.4 Å². The van der Waals surface area contributed by atoms with Gasteiger partial charge in [0.05, 0.1) is 18.6 Å². The maximum absolute atomic E-state index is 15.2. The molecule has 0 aromatic heterocycles. The minimum absolute atomic E-state index is 0.0197. The van der Waals surface area contributed by atoms with Gasteiger partial charge in [0.15, 0.2) is 6.04 Å². The van der Waals surface area contributed by atoms with E-state index < -0.39 is 150 Å². The predicted molar refractivity (Wildman–Crippen MR) is 361 cm³/mol. The first kappa shape index (κ1) is 79.5. The quantitative estimate of drug-likeness (QED) is 0.170. The topological polar surface area (TPSA) is 299 Å². The summed E-state index contributed by atoms with van der Waals surface area (Å²) in [4.78, 5) is 187. The fourth-order valence-corrected chi connectivity index (χ4v) is 12.1. The van der Waals surface area contributed by atoms with Crippen molar-refractivity contribution in [3.63, 3.8) is 0 Å². The van der Waals surface area contributed by atoms with Gasteiger partial charge < -0.3 is 65.6 Å². The number of carbonyl (C=O) groups excluding carboxylic acids is 12. The van der Waals surface area contributed by atoms with Crippen LogP contribution in [0.2, 0.25) is 0 Å². The lowest BCUT2D eigenvalue weighted by Gasteiger charge is -2.39. The second-order valence-corrected chi connectivity index (χ2v) is 27.7. The highest BCUT2D eigenvalue weighted by Crippen LogP contribution is 2.24. The molecule has 0 aliphatic carbocycles. The number of nitrogens with zero attached hydrogens (tertiary/aromatic N) is 8. The van der Waals surface area contributed by atoms with Gasteiger partial charge in [0, 0.05) is 75.4 Å². The Hall–Kier alpha value is -7.96. The number of hydrogen-bond donors (Lipinski definition) is 5. The number of aryl methyl sites for hydroxylation is 1. The van der Waals surface area contributed by atoms with Gasteiger partial charge in [-0.25, -0.2) is 0 Å². The number of carbonyl (C=O) groups is 12. The second kappa shape index (κ2) is 36.8. The summed E-state index contributed by atoms with van der Waals surface area (Å²) in [5.74, 6) is -10.9. The van der Waals surface area contributed by atoms with Crippen molar-refractivity contribution in [3.8, 4) is 0 Å². The third-order valence-corrected chi connectivity index (χ3v) is 18.4. The molecular weight excluding hydrogens is 1220 g/mol. The maximum atomic E-state index is 15.2. The maximum Gasteiger partial charge on any atom is 0.254 e. The lowest BCUT2D eigenvalue weighted by Crippen LogP contribution is -2.64. The molecule has 11 atom stereocenters. The number of amides is 12. The number of nitrogens with one attached hydrogen (secondary N) is 4. The molecule has 0 saturated carbocycles. The lowest BCUT2D eigenvalue weighted by molar-refractivity contribution is -0.154. The van der Waals surface area contributed by atoms with Crippen molar-refractivity contribution < 1.29 is 62.6 Å². The number of aliphatic hydroxyl groups excluding tert-OH is 1. The molecule has 0 bridgehead atoms. The Bertz CT molecular complexity index is 2960. The molecule has 2 aromatic carbocycles. The van der Waals surface area contributed by atoms with Crippen LogP contribution in [-0.4, -0.2) is 251 Å². The van der Waals surface area contributed by atoms with Gasteiger partial charge in [-0.2, -0.15) is 0 Å². The van der Waals surface area contributed by atoms with Crippen LogP contribution in [0.5, 0.6) is 0 Å². The molecular formula is C70H110N12O13. The highest BCUT2D eigenvalue weighted by atomic mass is 16.3. The molecule has 0 radical (unpaired) electrons. The van der Waals surface area contributed by atoms with E-state index in [1.807, 2.05) is 71.9 Å². The highest BCUT2D eigenvalue weighted by molar-refractivity contribution is 6.08. The molecule has 0 spiro atoms. The van der Waals surface area contributed by atoms with Gasteiger partial charge in [0.2, 0.25) is 59.1 Å². The largest absolute Gasteiger partial charge is 0.391 e. The Morgan fingerprint density at radius 2 is 0.968 bits per heavy atom. The summed E-state index contributed by atoms with van der Waals surface area (Å²) in [5, 5.41) is 21.9. The monoisotopic (exact) mass is 1330 g/mol. The summed E-state index contributed by atoms with van der Waals surface area (Å²) in [7, 11) is 9.99. The van der Waals surface area contributed by atoms with Crippen molar-refractivity contribution in [2.75, 3.05) is 75.5 Å². The van der Waals surface area contributed by atoms with Crippen LogP contribution in [0.25, 0.3) is 0 Å². The van der Waals surface area contributed by atoms with E-state index in [9.17, 15) is 53.1 Å². The van der Waals surface area contributed by atoms with Crippen molar-refractivity contribution in [1.29, 1.82) is 0 Å². The molecule has 0 unspecified atom stereocenters. The Labute approximate surface area is 563 Å². The molecule has 95 heavy (non-hydrogen) atoms. The lowest BCUT2D eigenvalue weighted by atomic mass is 9.93. The molecule has 4 rings (SSSR count). The van der Waals surface area contributed by atoms with Crippen molar-refractivity contribution in [2.24, 2.45) is 29.6 Å². The SMILES string of the molecule is CC(C)C[C@H]1C(=O)N(C)[C@@H](CC(C)C)C(=O)N(C)CC(=O)N(C)[C@H](CCc2ccccc2)C(=O)N[C@@H](C)C(=O)N(C)[C@@H](Cc2ccccc2)C(=O)N(C)[C@@H](CC(C)C)C(=O)N[C@@H]([C@@H](C)O)C(=O)N[C@H](C(=O)N2CCCCC2)C(=O)NC[C@H](C(C)C)C(=O)N(C)[C@H](C)C(=O)N1C. The number of hydrogen-bond acceptors (Lipinski definition) is 13. The number of likely N-dealkylation sites (tertiary alicyclic amines) is 1. The highest BCUT2D eigenvalue weighted by Gasteiger charge is 2.44. The van der Waals surface area contributed by atoms with E-state index in [2.05, 4.69) is 21.3 Å². The van der Waals surface area contributed by atoms with Gasteiger partial charge in [-0.1, -0.05) is 116 Å². The van der Waals surface area contributed by atoms with Crippen LogP contribution in [0.1, 0.15) is 132 Å². The summed E-state index contributed by atoms with van der Waals surface area (Å²) < 4.78 is 0. The average molecular weight is 1330 g/mol. The van der Waals surface area contributed by atoms with E-state index in [-0.39, 0.29) is 69.5 Å². The first-order chi connectivity index (χ1) is 44.5. The number of piperidine rings is 1. The van der Waals surface area contributed by atoms with Crippen LogP contribution in [0.15, 0.2) is 60.7 Å². The number of benzene rings is 2. The van der Waals surface area contributed by atoms with Crippen molar-refractivity contribution in [2.45, 2.75) is 194 Å². The summed E-state index contributed by atoms with van der Waals surface area (Å²) >= 11 is 0. The van der Waals surface area contributed by atoms with Gasteiger partial charge in [-0.3, -0.25) is 57.5 Å². The third-order valence-electron chi connectivity index (χ3n) is 18.4. The van der Waals surface area contributed by atoms with E-state index in [1.165, 1.54) is 109 Å². The first-order valence-electron chi connectivity index (χ1n) is 33.6. The van der Waals surface area contributed by atoms with Crippen LogP contribution < -0.4 is 21.3 Å². The minimum Gasteiger partial charge on any atom is -0.391 e. The minimum atomic E-state index is -1.92. The van der Waals surface area contributed by atoms with E-state index in [4.69, 9.17) is 0 Å². The third kappa shape index (κ3) is 22.0. The fourth-order valence-electron chi connectivity index (χ4n) is 12.1. The Morgan fingerprint density at radius 1 is 0.495 bits per heavy atom. The van der Waals surface area contributed by atoms with E-state index in [1.54, 1.807) is 44.2 Å². The Balaban J connectivity index is 1.91. The van der Waals surface area contributed by atoms with Crippen molar-refractivity contribution >= 4 is 70.9 Å². The van der Waals surface area contributed by atoms with Crippen LogP contribution in [0.3, 0.4) is 0 Å². The van der Waals surface area contributed by atoms with Gasteiger partial charge in [0.25, 0.3) is 11.8 Å². The standard InChI is InChI=1S/C70H110N12O13/c1-42(2)36-53-61(86)73-58(48(11)83)63(88)74-59(70(95)82-34-26-21-27-35-82)62(87)71-40-51(45(7)8)66(91)76(13)47(10)65(90)80(17)55(38-44(5)6)68(93)81(18)54(37-43(3)4)67(92)75(12)41-57(84)77(14)52(33-32-49-28-22-19-23-29-49)60(85)72-46(9)64(89)79(16)56(69(94)78(53)15)39-50-30-24-20-25-31-50/h19-20,22-25,28-31,42-48,51-56,58-59,83H,21,26-27,32-41H2,1-18H3,(H,71,87)(H,72,85)(H,73,86)(H,74,88)/t46-,47+,48+,51+,52+,53-,54-,55-,56-,58-,59-/m0/s1. The molecule has 2 aliphatic heterocycles. The normalized spacial score (nSPS) is 25.7. The summed E-state index contributed by atoms with van der Waals surface area (Å²) in [6, 6.07) is 5.76.